The second-order valence-corrected chi connectivity index (χ2v) is 2.87. The normalized spacial score (nSPS) is 10.5. The number of nitrogen functional groups attached to an aromatic ring is 1. The molecule has 0 spiro atoms. The van der Waals surface area contributed by atoms with Crippen molar-refractivity contribution in [2.75, 3.05) is 5.73 Å². The predicted octanol–water partition coefficient (Wildman–Crippen LogP) is 0.832. The minimum Gasteiger partial charge on any atom is -0.389 e. The quantitative estimate of drug-likeness (QED) is 0.632. The lowest BCUT2D eigenvalue weighted by Gasteiger charge is -1.88. The lowest BCUT2D eigenvalue weighted by atomic mass is 10.4. The van der Waals surface area contributed by atoms with Crippen LogP contribution >= 0.6 is 11.3 Å². The smallest absolute Gasteiger partial charge is 0.349 e. The molecule has 2 N–H and O–H groups in total. The highest BCUT2D eigenvalue weighted by Crippen LogP contribution is 2.15. The van der Waals surface area contributed by atoms with Crippen molar-refractivity contribution in [3.05, 3.63) is 21.9 Å². The van der Waals surface area contributed by atoms with Crippen molar-refractivity contribution in [3.8, 4) is 0 Å². The predicted molar refractivity (Wildman–Crippen MR) is 42.6 cm³/mol. The molecule has 11 heavy (non-hydrogen) atoms. The molecule has 0 aliphatic heterocycles. The molecule has 0 bridgehead atoms. The molecule has 0 aliphatic rings. The number of thiophene rings is 1. The van der Waals surface area contributed by atoms with Crippen LogP contribution < -0.4 is 11.4 Å². The van der Waals surface area contributed by atoms with Crippen molar-refractivity contribution in [2.45, 2.75) is 0 Å². The summed E-state index contributed by atoms with van der Waals surface area (Å²) in [4.78, 5) is 15.4. The third kappa shape index (κ3) is 0.894. The summed E-state index contributed by atoms with van der Waals surface area (Å²) in [5.41, 5.74) is 4.79. The maximum Gasteiger partial charge on any atom is 0.349 e. The fourth-order valence-electron chi connectivity index (χ4n) is 0.816. The summed E-state index contributed by atoms with van der Waals surface area (Å²) in [5, 5.41) is 2.26. The van der Waals surface area contributed by atoms with Crippen molar-refractivity contribution < 1.29 is 4.42 Å². The Morgan fingerprint density at radius 3 is 3.27 bits per heavy atom. The highest BCUT2D eigenvalue weighted by atomic mass is 32.1. The molecule has 2 heterocycles. The number of fused-ring (bicyclic) bond motifs is 1. The van der Waals surface area contributed by atoms with Crippen molar-refractivity contribution in [1.82, 2.24) is 4.98 Å². The Bertz CT molecular complexity index is 445. The molecule has 0 radical (unpaired) electrons. The fraction of sp³-hybridized carbons (Fsp3) is 0. The van der Waals surface area contributed by atoms with Gasteiger partial charge in [-0.15, -0.1) is 11.3 Å². The van der Waals surface area contributed by atoms with Gasteiger partial charge in [0.25, 0.3) is 6.01 Å². The molecular weight excluding hydrogens is 164 g/mol. The molecule has 2 aromatic heterocycles. The molecule has 0 atom stereocenters. The van der Waals surface area contributed by atoms with Gasteiger partial charge in [0.2, 0.25) is 0 Å². The van der Waals surface area contributed by atoms with Crippen LogP contribution in [0.5, 0.6) is 0 Å². The molecule has 5 heteroatoms. The number of nitrogens with two attached hydrogens (primary N) is 1. The van der Waals surface area contributed by atoms with Crippen LogP contribution in [0.3, 0.4) is 0 Å². The van der Waals surface area contributed by atoms with Crippen molar-refractivity contribution >= 4 is 27.6 Å². The molecule has 2 rings (SSSR count). The zero-order valence-corrected chi connectivity index (χ0v) is 6.22. The van der Waals surface area contributed by atoms with E-state index in [1.807, 2.05) is 0 Å². The highest BCUT2D eigenvalue weighted by Gasteiger charge is 2.03. The van der Waals surface area contributed by atoms with Gasteiger partial charge in [0.1, 0.15) is 4.83 Å². The zero-order chi connectivity index (χ0) is 7.84. The van der Waals surface area contributed by atoms with Crippen LogP contribution in [0.15, 0.2) is 20.7 Å². The number of aromatic nitrogens is 1. The van der Waals surface area contributed by atoms with Crippen LogP contribution in [0.1, 0.15) is 0 Å². The second-order valence-electron chi connectivity index (χ2n) is 1.98. The van der Waals surface area contributed by atoms with Gasteiger partial charge in [-0.05, 0) is 11.4 Å². The van der Waals surface area contributed by atoms with Crippen LogP contribution in [0.25, 0.3) is 10.2 Å². The van der Waals surface area contributed by atoms with E-state index in [4.69, 9.17) is 5.73 Å². The van der Waals surface area contributed by atoms with Crippen LogP contribution in [-0.4, -0.2) is 4.98 Å². The van der Waals surface area contributed by atoms with Gasteiger partial charge in [0.05, 0.1) is 5.39 Å². The Kier molecular flexibility index (Phi) is 1.19. The molecule has 0 unspecified atom stereocenters. The molecule has 0 saturated carbocycles. The fourth-order valence-corrected chi connectivity index (χ4v) is 1.57. The molecule has 0 amide bonds. The van der Waals surface area contributed by atoms with E-state index >= 15 is 0 Å². The largest absolute Gasteiger partial charge is 0.389 e. The standard InChI is InChI=1S/C6H4N2O2S/c7-6-8-4-3(1-2-11-4)5(9)10-6/h1-2H,(H2,7,8). The summed E-state index contributed by atoms with van der Waals surface area (Å²) in [6.45, 7) is 0. The van der Waals surface area contributed by atoms with E-state index in [9.17, 15) is 4.79 Å². The van der Waals surface area contributed by atoms with Crippen molar-refractivity contribution in [1.29, 1.82) is 0 Å². The van der Waals surface area contributed by atoms with E-state index < -0.39 is 5.63 Å². The summed E-state index contributed by atoms with van der Waals surface area (Å²) in [6.07, 6.45) is 0. The Balaban J connectivity index is 3.02. The van der Waals surface area contributed by atoms with Crippen LogP contribution in [-0.2, 0) is 0 Å². The van der Waals surface area contributed by atoms with Gasteiger partial charge < -0.3 is 10.2 Å². The van der Waals surface area contributed by atoms with Gasteiger partial charge in [0.15, 0.2) is 0 Å². The second kappa shape index (κ2) is 2.06. The first kappa shape index (κ1) is 6.36. The molecule has 0 saturated heterocycles. The van der Waals surface area contributed by atoms with Crippen LogP contribution in [0.2, 0.25) is 0 Å². The lowest BCUT2D eigenvalue weighted by Crippen LogP contribution is -2.02. The first-order valence-corrected chi connectivity index (χ1v) is 3.79. The molecule has 0 fully saturated rings. The number of hydrogen-bond donors (Lipinski definition) is 1. The topological polar surface area (TPSA) is 69.1 Å². The van der Waals surface area contributed by atoms with E-state index in [-0.39, 0.29) is 6.01 Å². The zero-order valence-electron chi connectivity index (χ0n) is 5.40. The first-order chi connectivity index (χ1) is 5.27. The van der Waals surface area contributed by atoms with E-state index in [0.29, 0.717) is 10.2 Å². The number of rotatable bonds is 0. The van der Waals surface area contributed by atoms with Gasteiger partial charge in [-0.2, -0.15) is 4.98 Å². The van der Waals surface area contributed by atoms with Crippen molar-refractivity contribution in [2.24, 2.45) is 0 Å². The molecule has 2 aromatic rings. The molecule has 0 aliphatic carbocycles. The maximum atomic E-state index is 11.0. The monoisotopic (exact) mass is 168 g/mol. The van der Waals surface area contributed by atoms with E-state index in [0.717, 1.165) is 0 Å². The summed E-state index contributed by atoms with van der Waals surface area (Å²) >= 11 is 1.36. The third-order valence-corrected chi connectivity index (χ3v) is 2.08. The summed E-state index contributed by atoms with van der Waals surface area (Å²) in [5.74, 6) is 0. The molecule has 4 nitrogen and oxygen atoms in total. The number of hydrogen-bond acceptors (Lipinski definition) is 5. The lowest BCUT2D eigenvalue weighted by molar-refractivity contribution is 0.525. The third-order valence-electron chi connectivity index (χ3n) is 1.27. The van der Waals surface area contributed by atoms with Gasteiger partial charge in [0, 0.05) is 0 Å². The molecule has 56 valence electrons. The summed E-state index contributed by atoms with van der Waals surface area (Å²) in [6, 6.07) is 1.59. The van der Waals surface area contributed by atoms with Gasteiger partial charge in [-0.1, -0.05) is 0 Å². The molecular formula is C6H4N2O2S. The minimum absolute atomic E-state index is 0.0787. The molecule has 0 aromatic carbocycles. The average molecular weight is 168 g/mol. The van der Waals surface area contributed by atoms with Gasteiger partial charge in [-0.3, -0.25) is 0 Å². The first-order valence-electron chi connectivity index (χ1n) is 2.91. The Morgan fingerprint density at radius 2 is 2.45 bits per heavy atom. The maximum absolute atomic E-state index is 11.0. The van der Waals surface area contributed by atoms with Crippen molar-refractivity contribution in [3.63, 3.8) is 0 Å². The van der Waals surface area contributed by atoms with Gasteiger partial charge >= 0.3 is 5.63 Å². The minimum atomic E-state index is -0.422. The average Bonchev–Trinajstić information content (AvgIpc) is 2.34. The Labute approximate surface area is 65.3 Å². The Hall–Kier alpha value is -1.36. The number of nitrogens with zero attached hydrogens (tertiary/aromatic N) is 1. The van der Waals surface area contributed by atoms with Gasteiger partial charge in [-0.25, -0.2) is 4.79 Å². The van der Waals surface area contributed by atoms with Crippen LogP contribution in [0.4, 0.5) is 6.01 Å². The summed E-state index contributed by atoms with van der Waals surface area (Å²) < 4.78 is 4.57. The highest BCUT2D eigenvalue weighted by molar-refractivity contribution is 7.16. The van der Waals surface area contributed by atoms with Crippen LogP contribution in [0, 0.1) is 0 Å². The Morgan fingerprint density at radius 1 is 1.64 bits per heavy atom. The SMILES string of the molecule is Nc1nc2sccc2c(=O)o1. The summed E-state index contributed by atoms with van der Waals surface area (Å²) in [7, 11) is 0. The van der Waals surface area contributed by atoms with E-state index in [1.54, 1.807) is 11.4 Å². The van der Waals surface area contributed by atoms with E-state index in [1.165, 1.54) is 11.3 Å². The van der Waals surface area contributed by atoms with E-state index in [2.05, 4.69) is 9.40 Å². The number of anilines is 1.